The Balaban J connectivity index is 1.44. The highest BCUT2D eigenvalue weighted by Crippen LogP contribution is 2.47. The maximum Gasteiger partial charge on any atom is 0.213 e. The van der Waals surface area contributed by atoms with Crippen LogP contribution in [-0.4, -0.2) is 17.3 Å². The van der Waals surface area contributed by atoms with Gasteiger partial charge in [0.2, 0.25) is 6.23 Å². The van der Waals surface area contributed by atoms with Crippen LogP contribution in [0.3, 0.4) is 0 Å². The lowest BCUT2D eigenvalue weighted by Crippen LogP contribution is -2.33. The van der Waals surface area contributed by atoms with Gasteiger partial charge in [-0.3, -0.25) is 0 Å². The number of fused-ring (bicyclic) bond motifs is 4. The summed E-state index contributed by atoms with van der Waals surface area (Å²) < 4.78 is 12.1. The van der Waals surface area contributed by atoms with E-state index in [0.717, 1.165) is 29.2 Å². The molecule has 0 amide bonds. The lowest BCUT2D eigenvalue weighted by molar-refractivity contribution is -0.0190. The van der Waals surface area contributed by atoms with Gasteiger partial charge < -0.3 is 9.47 Å². The van der Waals surface area contributed by atoms with Crippen molar-refractivity contribution in [2.24, 2.45) is 5.10 Å². The molecule has 0 aliphatic carbocycles. The summed E-state index contributed by atoms with van der Waals surface area (Å²) in [5.41, 5.74) is 4.55. The fourth-order valence-corrected chi connectivity index (χ4v) is 4.79. The minimum Gasteiger partial charge on any atom is -0.494 e. The molecule has 2 aliphatic rings. The number of benzene rings is 4. The predicted octanol–water partition coefficient (Wildman–Crippen LogP) is 6.48. The van der Waals surface area contributed by atoms with Gasteiger partial charge in [-0.1, -0.05) is 60.7 Å². The van der Waals surface area contributed by atoms with Crippen LogP contribution in [0.4, 0.5) is 0 Å². The molecule has 0 saturated heterocycles. The third kappa shape index (κ3) is 3.11. The average molecular weight is 421 g/mol. The van der Waals surface area contributed by atoms with Crippen molar-refractivity contribution in [3.05, 3.63) is 108 Å². The van der Waals surface area contributed by atoms with Crippen LogP contribution in [0.5, 0.6) is 11.5 Å². The summed E-state index contributed by atoms with van der Waals surface area (Å²) in [7, 11) is 0. The summed E-state index contributed by atoms with van der Waals surface area (Å²) in [4.78, 5) is 0. The Kier molecular flexibility index (Phi) is 4.57. The van der Waals surface area contributed by atoms with Crippen LogP contribution < -0.4 is 9.47 Å². The zero-order valence-corrected chi connectivity index (χ0v) is 17.9. The van der Waals surface area contributed by atoms with Gasteiger partial charge in [-0.2, -0.15) is 5.10 Å². The number of rotatable bonds is 4. The van der Waals surface area contributed by atoms with E-state index in [0.29, 0.717) is 6.61 Å². The molecule has 0 bridgehead atoms. The van der Waals surface area contributed by atoms with Crippen molar-refractivity contribution in [3.8, 4) is 11.5 Å². The quantitative estimate of drug-likeness (QED) is 0.379. The minimum absolute atomic E-state index is 0.144. The summed E-state index contributed by atoms with van der Waals surface area (Å²) in [5, 5.41) is 9.74. The maximum absolute atomic E-state index is 6.48. The summed E-state index contributed by atoms with van der Waals surface area (Å²) in [6, 6.07) is 31.6. The average Bonchev–Trinajstić information content (AvgIpc) is 3.29. The van der Waals surface area contributed by atoms with E-state index in [1.165, 1.54) is 21.9 Å². The lowest BCUT2D eigenvalue weighted by atomic mass is 9.93. The molecule has 2 atom stereocenters. The van der Waals surface area contributed by atoms with Gasteiger partial charge in [-0.15, -0.1) is 0 Å². The molecule has 4 heteroatoms. The molecule has 4 aromatic rings. The first kappa shape index (κ1) is 18.9. The first-order valence-electron chi connectivity index (χ1n) is 11.1. The third-order valence-electron chi connectivity index (χ3n) is 6.28. The summed E-state index contributed by atoms with van der Waals surface area (Å²) >= 11 is 0. The second-order valence-corrected chi connectivity index (χ2v) is 8.18. The molecule has 0 N–H and O–H groups in total. The van der Waals surface area contributed by atoms with Crippen LogP contribution in [0.15, 0.2) is 96.1 Å². The van der Waals surface area contributed by atoms with E-state index >= 15 is 0 Å². The molecule has 158 valence electrons. The number of hydrogen-bond acceptors (Lipinski definition) is 4. The molecule has 2 aliphatic heterocycles. The van der Waals surface area contributed by atoms with Crippen LogP contribution in [0, 0.1) is 0 Å². The molecule has 4 nitrogen and oxygen atoms in total. The predicted molar refractivity (Wildman–Crippen MR) is 127 cm³/mol. The first-order valence-corrected chi connectivity index (χ1v) is 11.1. The van der Waals surface area contributed by atoms with Crippen molar-refractivity contribution in [2.45, 2.75) is 25.6 Å². The molecular weight excluding hydrogens is 396 g/mol. The van der Waals surface area contributed by atoms with E-state index in [4.69, 9.17) is 14.6 Å². The number of para-hydroxylation sites is 1. The fraction of sp³-hybridized carbons (Fsp3) is 0.179. The van der Waals surface area contributed by atoms with Gasteiger partial charge in [0.15, 0.2) is 0 Å². The number of hydrogen-bond donors (Lipinski definition) is 0. The number of hydrazone groups is 1. The molecule has 0 saturated carbocycles. The molecule has 32 heavy (non-hydrogen) atoms. The second kappa shape index (κ2) is 7.72. The van der Waals surface area contributed by atoms with Crippen molar-refractivity contribution < 1.29 is 9.47 Å². The molecule has 0 fully saturated rings. The summed E-state index contributed by atoms with van der Waals surface area (Å²) in [6.45, 7) is 2.65. The van der Waals surface area contributed by atoms with Crippen LogP contribution in [0.2, 0.25) is 0 Å². The Hall–Kier alpha value is -3.79. The van der Waals surface area contributed by atoms with Crippen molar-refractivity contribution in [1.82, 2.24) is 5.01 Å². The van der Waals surface area contributed by atoms with E-state index in [-0.39, 0.29) is 12.3 Å². The normalized spacial score (nSPS) is 19.2. The Labute approximate surface area is 187 Å². The van der Waals surface area contributed by atoms with Gasteiger partial charge in [0.05, 0.1) is 18.4 Å². The number of ether oxygens (including phenoxy) is 2. The minimum atomic E-state index is -0.280. The number of nitrogens with zero attached hydrogens (tertiary/aromatic N) is 2. The SMILES string of the molecule is CCOc1ccc(C2Oc3ccccc3C3CC(c4cccc5ccccc45)=NN32)cc1. The highest BCUT2D eigenvalue weighted by Gasteiger charge is 2.41. The van der Waals surface area contributed by atoms with Crippen LogP contribution in [0.1, 0.15) is 42.3 Å². The van der Waals surface area contributed by atoms with Crippen molar-refractivity contribution in [3.63, 3.8) is 0 Å². The standard InChI is InChI=1S/C28H24N2O2/c1-2-31-21-16-14-20(15-17-21)28-30-26(24-11-5-6-13-27(24)32-28)18-25(29-30)23-12-7-9-19-8-3-4-10-22(19)23/h3-17,26,28H,2,18H2,1H3. The third-order valence-corrected chi connectivity index (χ3v) is 6.28. The maximum atomic E-state index is 6.48. The largest absolute Gasteiger partial charge is 0.494 e. The van der Waals surface area contributed by atoms with Gasteiger partial charge in [0, 0.05) is 23.1 Å². The molecular formula is C28H24N2O2. The van der Waals surface area contributed by atoms with E-state index in [1.807, 2.05) is 25.1 Å². The molecule has 2 heterocycles. The van der Waals surface area contributed by atoms with Crippen LogP contribution >= 0.6 is 0 Å². The first-order chi connectivity index (χ1) is 15.8. The Morgan fingerprint density at radius 3 is 2.56 bits per heavy atom. The van der Waals surface area contributed by atoms with Crippen LogP contribution in [-0.2, 0) is 0 Å². The van der Waals surface area contributed by atoms with Gasteiger partial charge >= 0.3 is 0 Å². The zero-order valence-electron chi connectivity index (χ0n) is 17.9. The van der Waals surface area contributed by atoms with E-state index in [9.17, 15) is 0 Å². The summed E-state index contributed by atoms with van der Waals surface area (Å²) in [6.07, 6.45) is 0.570. The second-order valence-electron chi connectivity index (χ2n) is 8.18. The molecule has 4 aromatic carbocycles. The van der Waals surface area contributed by atoms with Gasteiger partial charge in [-0.25, -0.2) is 5.01 Å². The molecule has 0 radical (unpaired) electrons. The zero-order chi connectivity index (χ0) is 21.5. The van der Waals surface area contributed by atoms with E-state index in [2.05, 4.69) is 77.8 Å². The topological polar surface area (TPSA) is 34.1 Å². The van der Waals surface area contributed by atoms with Gasteiger partial charge in [-0.05, 0) is 48.0 Å². The van der Waals surface area contributed by atoms with E-state index in [1.54, 1.807) is 0 Å². The van der Waals surface area contributed by atoms with Gasteiger partial charge in [0.25, 0.3) is 0 Å². The fourth-order valence-electron chi connectivity index (χ4n) is 4.79. The van der Waals surface area contributed by atoms with Crippen molar-refractivity contribution >= 4 is 16.5 Å². The Morgan fingerprint density at radius 2 is 1.69 bits per heavy atom. The highest BCUT2D eigenvalue weighted by molar-refractivity contribution is 6.11. The van der Waals surface area contributed by atoms with E-state index < -0.39 is 0 Å². The van der Waals surface area contributed by atoms with Crippen molar-refractivity contribution in [1.29, 1.82) is 0 Å². The molecule has 0 aromatic heterocycles. The molecule has 6 rings (SSSR count). The Bertz CT molecular complexity index is 1310. The van der Waals surface area contributed by atoms with Crippen LogP contribution in [0.25, 0.3) is 10.8 Å². The van der Waals surface area contributed by atoms with Gasteiger partial charge in [0.1, 0.15) is 11.5 Å². The summed E-state index contributed by atoms with van der Waals surface area (Å²) in [5.74, 6) is 1.80. The highest BCUT2D eigenvalue weighted by atomic mass is 16.5. The molecule has 0 spiro atoms. The Morgan fingerprint density at radius 1 is 0.906 bits per heavy atom. The van der Waals surface area contributed by atoms with Crippen molar-refractivity contribution in [2.75, 3.05) is 6.61 Å². The molecule has 2 unspecified atom stereocenters. The monoisotopic (exact) mass is 420 g/mol. The lowest BCUT2D eigenvalue weighted by Gasteiger charge is -2.38. The smallest absolute Gasteiger partial charge is 0.213 e.